The first-order chi connectivity index (χ1) is 23.8. The lowest BCUT2D eigenvalue weighted by Gasteiger charge is -2.21. The smallest absolute Gasteiger partial charge is 0.462 e. The summed E-state index contributed by atoms with van der Waals surface area (Å²) in [4.78, 5) is 42.9. The molecule has 0 aromatic rings. The van der Waals surface area contributed by atoms with Crippen LogP contribution in [0, 0.1) is 17.8 Å². The molecule has 6 atom stereocenters. The van der Waals surface area contributed by atoms with E-state index in [0.29, 0.717) is 25.7 Å². The van der Waals surface area contributed by atoms with Crippen LogP contribution in [-0.2, 0) is 28.2 Å². The summed E-state index contributed by atoms with van der Waals surface area (Å²) in [5.74, 6) is -0.545. The zero-order chi connectivity index (χ0) is 37.2. The number of unbranched alkanes of at least 4 members (excludes halogenated alkanes) is 13. The van der Waals surface area contributed by atoms with Gasteiger partial charge >= 0.3 is 19.8 Å². The van der Waals surface area contributed by atoms with Gasteiger partial charge in [-0.05, 0) is 37.5 Å². The number of hydrogen-bond acceptors (Lipinski definition) is 9. The molecule has 12 heteroatoms. The van der Waals surface area contributed by atoms with Crippen molar-refractivity contribution in [3.63, 3.8) is 0 Å². The molecular formula is C38H71O11P. The van der Waals surface area contributed by atoms with E-state index in [1.165, 1.54) is 38.5 Å². The lowest BCUT2D eigenvalue weighted by Crippen LogP contribution is -2.29. The lowest BCUT2D eigenvalue weighted by molar-refractivity contribution is -0.161. The van der Waals surface area contributed by atoms with Gasteiger partial charge in [0.2, 0.25) is 0 Å². The molecular weight excluding hydrogens is 663 g/mol. The van der Waals surface area contributed by atoms with Crippen LogP contribution in [0.5, 0.6) is 0 Å². The fourth-order valence-corrected chi connectivity index (χ4v) is 6.96. The van der Waals surface area contributed by atoms with E-state index >= 15 is 0 Å². The molecule has 0 aromatic heterocycles. The fraction of sp³-hybridized carbons (Fsp3) is 0.895. The van der Waals surface area contributed by atoms with Gasteiger partial charge in [-0.15, -0.1) is 0 Å². The number of aliphatic hydroxyl groups is 3. The molecule has 5 N–H and O–H groups in total. The molecule has 0 amide bonds. The molecule has 0 saturated heterocycles. The fourth-order valence-electron chi connectivity index (χ4n) is 6.59. The molecule has 1 fully saturated rings. The van der Waals surface area contributed by atoms with Crippen LogP contribution in [0.1, 0.15) is 162 Å². The Balaban J connectivity index is 2.31. The van der Waals surface area contributed by atoms with Crippen LogP contribution in [0.4, 0.5) is 0 Å². The van der Waals surface area contributed by atoms with Gasteiger partial charge in [0, 0.05) is 25.2 Å². The summed E-state index contributed by atoms with van der Waals surface area (Å²) in [7, 11) is -4.81. The molecule has 0 aliphatic heterocycles. The Morgan fingerprint density at radius 1 is 0.760 bits per heavy atom. The first-order valence-corrected chi connectivity index (χ1v) is 21.1. The van der Waals surface area contributed by atoms with Gasteiger partial charge in [-0.25, -0.2) is 4.57 Å². The van der Waals surface area contributed by atoms with Crippen molar-refractivity contribution in [2.75, 3.05) is 13.2 Å². The predicted octanol–water partition coefficient (Wildman–Crippen LogP) is 7.69. The molecule has 0 unspecified atom stereocenters. The number of rotatable bonds is 31. The average molecular weight is 735 g/mol. The molecule has 1 aliphatic carbocycles. The third-order valence-electron chi connectivity index (χ3n) is 9.56. The highest BCUT2D eigenvalue weighted by Gasteiger charge is 2.39. The molecule has 1 rings (SSSR count). The van der Waals surface area contributed by atoms with Crippen molar-refractivity contribution in [3.05, 3.63) is 12.2 Å². The van der Waals surface area contributed by atoms with E-state index in [0.717, 1.165) is 70.1 Å². The first kappa shape index (κ1) is 46.7. The third kappa shape index (κ3) is 24.8. The van der Waals surface area contributed by atoms with Gasteiger partial charge in [0.15, 0.2) is 6.10 Å². The van der Waals surface area contributed by atoms with Crippen LogP contribution in [0.2, 0.25) is 0 Å². The number of ether oxygens (including phenoxy) is 2. The van der Waals surface area contributed by atoms with Gasteiger partial charge in [-0.1, -0.05) is 129 Å². The van der Waals surface area contributed by atoms with Crippen molar-refractivity contribution in [1.82, 2.24) is 0 Å². The van der Waals surface area contributed by atoms with Gasteiger partial charge in [0.1, 0.15) is 6.61 Å². The Morgan fingerprint density at radius 2 is 1.32 bits per heavy atom. The SMILES string of the molecule is CCCCC[C@H](O)/C=C/[C@@H]1[C@@H](CCCCCCC(=O)O[C@H](COC(=O)CCCCCCCCCCCC(C)C)COP(=O)(O)O)[C@@H](O)C[C@H]1O. The zero-order valence-corrected chi connectivity index (χ0v) is 32.2. The molecule has 0 bridgehead atoms. The standard InChI is InChI=1S/C38H71O11P/c1-4-5-15-21-31(39)25-26-34-33(35(40)27-36(34)41)22-17-13-14-19-24-38(43)49-32(29-48-50(44,45)46)28-47-37(42)23-18-12-10-8-6-7-9-11-16-20-30(2)3/h25-26,30-36,39-41H,4-24,27-29H2,1-3H3,(H2,44,45,46)/b26-25+/t31-,32+,33+,34+,35-,36+/m0/s1. The Hall–Kier alpha value is -1.33. The van der Waals surface area contributed by atoms with Crippen LogP contribution < -0.4 is 0 Å². The summed E-state index contributed by atoms with van der Waals surface area (Å²) in [6.07, 6.45) is 20.1. The molecule has 50 heavy (non-hydrogen) atoms. The second-order valence-corrected chi connectivity index (χ2v) is 15.9. The number of phosphoric acid groups is 1. The maximum absolute atomic E-state index is 12.5. The minimum Gasteiger partial charge on any atom is -0.462 e. The molecule has 1 aliphatic rings. The summed E-state index contributed by atoms with van der Waals surface area (Å²) < 4.78 is 26.3. The van der Waals surface area contributed by atoms with E-state index in [4.69, 9.17) is 19.3 Å². The minimum absolute atomic E-state index is 0.0877. The van der Waals surface area contributed by atoms with Gasteiger partial charge in [-0.3, -0.25) is 14.1 Å². The normalized spacial score (nSPS) is 20.8. The van der Waals surface area contributed by atoms with Crippen LogP contribution in [0.25, 0.3) is 0 Å². The van der Waals surface area contributed by atoms with E-state index in [9.17, 15) is 29.5 Å². The van der Waals surface area contributed by atoms with E-state index < -0.39 is 50.8 Å². The quantitative estimate of drug-likeness (QED) is 0.0204. The van der Waals surface area contributed by atoms with Crippen molar-refractivity contribution in [3.8, 4) is 0 Å². The van der Waals surface area contributed by atoms with Gasteiger partial charge in [0.05, 0.1) is 24.9 Å². The summed E-state index contributed by atoms with van der Waals surface area (Å²) in [6, 6.07) is 0. The Bertz CT molecular complexity index is 953. The topological polar surface area (TPSA) is 180 Å². The van der Waals surface area contributed by atoms with Crippen molar-refractivity contribution < 1.29 is 53.3 Å². The molecule has 294 valence electrons. The van der Waals surface area contributed by atoms with Crippen LogP contribution in [-0.4, -0.2) is 74.7 Å². The average Bonchev–Trinajstić information content (AvgIpc) is 3.32. The van der Waals surface area contributed by atoms with Crippen LogP contribution in [0.15, 0.2) is 12.2 Å². The summed E-state index contributed by atoms with van der Waals surface area (Å²) in [5.41, 5.74) is 0. The maximum Gasteiger partial charge on any atom is 0.469 e. The zero-order valence-electron chi connectivity index (χ0n) is 31.3. The maximum atomic E-state index is 12.5. The summed E-state index contributed by atoms with van der Waals surface area (Å²) >= 11 is 0. The van der Waals surface area contributed by atoms with Crippen molar-refractivity contribution in [1.29, 1.82) is 0 Å². The van der Waals surface area contributed by atoms with Crippen molar-refractivity contribution in [2.24, 2.45) is 17.8 Å². The van der Waals surface area contributed by atoms with Gasteiger partial charge in [-0.2, -0.15) is 0 Å². The highest BCUT2D eigenvalue weighted by molar-refractivity contribution is 7.46. The lowest BCUT2D eigenvalue weighted by atomic mass is 9.88. The highest BCUT2D eigenvalue weighted by Crippen LogP contribution is 2.38. The predicted molar refractivity (Wildman–Crippen MR) is 195 cm³/mol. The number of carbonyl (C=O) groups is 2. The molecule has 0 radical (unpaired) electrons. The van der Waals surface area contributed by atoms with E-state index in [1.807, 2.05) is 6.08 Å². The first-order valence-electron chi connectivity index (χ1n) is 19.6. The number of carbonyl (C=O) groups excluding carboxylic acids is 2. The second kappa shape index (κ2) is 28.2. The van der Waals surface area contributed by atoms with Gasteiger partial charge in [0.25, 0.3) is 0 Å². The van der Waals surface area contributed by atoms with E-state index in [2.05, 4.69) is 25.3 Å². The molecule has 0 heterocycles. The second-order valence-electron chi connectivity index (χ2n) is 14.7. The van der Waals surface area contributed by atoms with E-state index in [1.54, 1.807) is 6.08 Å². The number of phosphoric ester groups is 1. The van der Waals surface area contributed by atoms with Crippen molar-refractivity contribution in [2.45, 2.75) is 186 Å². The minimum atomic E-state index is -4.81. The van der Waals surface area contributed by atoms with Crippen molar-refractivity contribution >= 4 is 19.8 Å². The monoisotopic (exact) mass is 734 g/mol. The molecule has 1 saturated carbocycles. The Kier molecular flexibility index (Phi) is 26.3. The molecule has 11 nitrogen and oxygen atoms in total. The Labute approximate surface area is 302 Å². The van der Waals surface area contributed by atoms with E-state index in [-0.39, 0.29) is 31.3 Å². The molecule has 0 aromatic carbocycles. The summed E-state index contributed by atoms with van der Waals surface area (Å²) in [6.45, 7) is 5.69. The van der Waals surface area contributed by atoms with Crippen LogP contribution >= 0.6 is 7.82 Å². The summed E-state index contributed by atoms with van der Waals surface area (Å²) in [5, 5.41) is 31.2. The Morgan fingerprint density at radius 3 is 1.92 bits per heavy atom. The third-order valence-corrected chi connectivity index (χ3v) is 10.0. The molecule has 0 spiro atoms. The number of esters is 2. The number of hydrogen-bond donors (Lipinski definition) is 5. The number of aliphatic hydroxyl groups excluding tert-OH is 3. The van der Waals surface area contributed by atoms with Crippen LogP contribution in [0.3, 0.4) is 0 Å². The highest BCUT2D eigenvalue weighted by atomic mass is 31.2. The van der Waals surface area contributed by atoms with Gasteiger partial charge < -0.3 is 34.6 Å². The largest absolute Gasteiger partial charge is 0.469 e.